The van der Waals surface area contributed by atoms with Crippen molar-refractivity contribution in [1.82, 2.24) is 33.5 Å². The number of nitrogens with zero attached hydrogens (tertiary/aromatic N) is 7. The van der Waals surface area contributed by atoms with Crippen molar-refractivity contribution in [3.8, 4) is 11.3 Å². The molecule has 2 aliphatic heterocycles. The quantitative estimate of drug-likeness (QED) is 0.291. The summed E-state index contributed by atoms with van der Waals surface area (Å²) in [5.74, 6) is 1.16. The number of hydrogen-bond acceptors (Lipinski definition) is 7. The van der Waals surface area contributed by atoms with Gasteiger partial charge in [-0.2, -0.15) is 22.6 Å². The fourth-order valence-corrected chi connectivity index (χ4v) is 7.30. The largest absolute Gasteiger partial charge is 0.416 e. The van der Waals surface area contributed by atoms with Crippen LogP contribution < -0.4 is 10.6 Å². The molecule has 15 heteroatoms. The maximum atomic E-state index is 13.2. The Morgan fingerprint density at radius 3 is 2.39 bits per heavy atom. The van der Waals surface area contributed by atoms with E-state index < -0.39 is 21.8 Å². The second kappa shape index (κ2) is 12.5. The number of hydrogen-bond donors (Lipinski definition) is 1. The molecular weight excluding hydrogens is 621 g/mol. The van der Waals surface area contributed by atoms with E-state index in [1.807, 2.05) is 35.8 Å². The molecule has 46 heavy (non-hydrogen) atoms. The smallest absolute Gasteiger partial charge is 0.363 e. The standard InChI is InChI=1S/C31H39F3N8O3S/c1-38(2)27-10-9-25-29(36-27)41(30(43)35-25)19-21-11-16-39(17-12-21)14-4-15-42-26-13-18-40(46(3,44)45)20-24(26)28(37-42)22-5-7-23(8-6-22)31(32,33)34/h5-10,21H,4,11-20H2,1-3H3,(H,35,43). The van der Waals surface area contributed by atoms with Crippen molar-refractivity contribution in [2.24, 2.45) is 5.92 Å². The van der Waals surface area contributed by atoms with Gasteiger partial charge in [0.05, 0.1) is 23.0 Å². The number of alkyl halides is 3. The Kier molecular flexibility index (Phi) is 8.76. The van der Waals surface area contributed by atoms with Crippen molar-refractivity contribution in [3.05, 3.63) is 63.7 Å². The SMILES string of the molecule is CN(C)c1ccc2[nH]c(=O)n(CC3CCN(CCCn4nc(-c5ccc(C(F)(F)F)cc5)c5c4CCN(S(C)(=O)=O)C5)CC3)c2n1. The van der Waals surface area contributed by atoms with E-state index in [4.69, 9.17) is 5.10 Å². The predicted octanol–water partition coefficient (Wildman–Crippen LogP) is 3.79. The minimum absolute atomic E-state index is 0.140. The number of piperidine rings is 1. The lowest BCUT2D eigenvalue weighted by Gasteiger charge is -2.32. The fourth-order valence-electron chi connectivity index (χ4n) is 6.52. The van der Waals surface area contributed by atoms with Crippen LogP contribution in [0.3, 0.4) is 0 Å². The summed E-state index contributed by atoms with van der Waals surface area (Å²) in [6.45, 7) is 4.39. The van der Waals surface area contributed by atoms with Crippen LogP contribution in [-0.4, -0.2) is 88.5 Å². The lowest BCUT2D eigenvalue weighted by molar-refractivity contribution is -0.137. The Labute approximate surface area is 265 Å². The van der Waals surface area contributed by atoms with E-state index in [0.717, 1.165) is 73.6 Å². The minimum atomic E-state index is -4.44. The average Bonchev–Trinajstić information content (AvgIpc) is 3.53. The summed E-state index contributed by atoms with van der Waals surface area (Å²) in [6.07, 6.45) is -0.0495. The molecule has 0 radical (unpaired) electrons. The number of anilines is 1. The molecule has 0 spiro atoms. The van der Waals surface area contributed by atoms with Crippen molar-refractivity contribution in [1.29, 1.82) is 0 Å². The van der Waals surface area contributed by atoms with Crippen molar-refractivity contribution in [3.63, 3.8) is 0 Å². The highest BCUT2D eigenvalue weighted by atomic mass is 32.2. The van der Waals surface area contributed by atoms with Crippen LogP contribution in [0.1, 0.15) is 36.1 Å². The molecule has 0 atom stereocenters. The van der Waals surface area contributed by atoms with Crippen molar-refractivity contribution in [2.45, 2.75) is 51.5 Å². The Balaban J connectivity index is 1.10. The number of rotatable bonds is 9. The summed E-state index contributed by atoms with van der Waals surface area (Å²) < 4.78 is 69.2. The van der Waals surface area contributed by atoms with Crippen LogP contribution in [0.5, 0.6) is 0 Å². The number of fused-ring (bicyclic) bond motifs is 2. The van der Waals surface area contributed by atoms with Crippen LogP contribution in [-0.2, 0) is 42.3 Å². The van der Waals surface area contributed by atoms with Gasteiger partial charge in [-0.15, -0.1) is 0 Å². The molecule has 1 fully saturated rings. The highest BCUT2D eigenvalue weighted by molar-refractivity contribution is 7.88. The molecule has 0 unspecified atom stereocenters. The van der Waals surface area contributed by atoms with E-state index in [9.17, 15) is 26.4 Å². The normalized spacial score (nSPS) is 17.1. The van der Waals surface area contributed by atoms with E-state index in [-0.39, 0.29) is 12.2 Å². The molecule has 5 heterocycles. The topological polar surface area (TPSA) is 112 Å². The van der Waals surface area contributed by atoms with Crippen LogP contribution in [0.2, 0.25) is 0 Å². The maximum Gasteiger partial charge on any atom is 0.416 e. The molecule has 11 nitrogen and oxygen atoms in total. The van der Waals surface area contributed by atoms with Crippen molar-refractivity contribution in [2.75, 3.05) is 51.4 Å². The number of aromatic amines is 1. The fraction of sp³-hybridized carbons (Fsp3) is 0.516. The number of aryl methyl sites for hydroxylation is 1. The van der Waals surface area contributed by atoms with Gasteiger partial charge in [0.1, 0.15) is 5.82 Å². The molecule has 2 aliphatic rings. The molecule has 1 saturated heterocycles. The summed E-state index contributed by atoms with van der Waals surface area (Å²) in [6, 6.07) is 8.66. The van der Waals surface area contributed by atoms with Gasteiger partial charge in [-0.25, -0.2) is 18.2 Å². The number of likely N-dealkylation sites (tertiary alicyclic amines) is 1. The van der Waals surface area contributed by atoms with Gasteiger partial charge in [-0.05, 0) is 69.1 Å². The molecule has 6 rings (SSSR count). The minimum Gasteiger partial charge on any atom is -0.363 e. The molecule has 0 saturated carbocycles. The third kappa shape index (κ3) is 6.72. The van der Waals surface area contributed by atoms with Gasteiger partial charge in [0.25, 0.3) is 0 Å². The van der Waals surface area contributed by atoms with E-state index in [0.29, 0.717) is 48.9 Å². The summed E-state index contributed by atoms with van der Waals surface area (Å²) >= 11 is 0. The summed E-state index contributed by atoms with van der Waals surface area (Å²) in [5.41, 5.74) is 3.27. The first-order valence-corrected chi connectivity index (χ1v) is 17.3. The number of imidazole rings is 1. The van der Waals surface area contributed by atoms with Gasteiger partial charge < -0.3 is 14.8 Å². The molecule has 0 bridgehead atoms. The lowest BCUT2D eigenvalue weighted by atomic mass is 9.96. The molecule has 1 N–H and O–H groups in total. The Morgan fingerprint density at radius 2 is 1.74 bits per heavy atom. The van der Waals surface area contributed by atoms with E-state index >= 15 is 0 Å². The number of H-pyrrole nitrogens is 1. The number of benzene rings is 1. The van der Waals surface area contributed by atoms with Crippen LogP contribution in [0.15, 0.2) is 41.2 Å². The maximum absolute atomic E-state index is 13.2. The van der Waals surface area contributed by atoms with Gasteiger partial charge >= 0.3 is 11.9 Å². The zero-order valence-corrected chi connectivity index (χ0v) is 27.0. The molecule has 4 aromatic rings. The van der Waals surface area contributed by atoms with E-state index in [1.54, 1.807) is 4.57 Å². The third-order valence-corrected chi connectivity index (χ3v) is 10.4. The lowest BCUT2D eigenvalue weighted by Crippen LogP contribution is -2.37. The first-order chi connectivity index (χ1) is 21.8. The Morgan fingerprint density at radius 1 is 1.02 bits per heavy atom. The second-order valence-electron chi connectivity index (χ2n) is 12.5. The third-order valence-electron chi connectivity index (χ3n) is 9.11. The second-order valence-corrected chi connectivity index (χ2v) is 14.5. The van der Waals surface area contributed by atoms with E-state index in [1.165, 1.54) is 22.7 Å². The number of pyridine rings is 1. The van der Waals surface area contributed by atoms with E-state index in [2.05, 4.69) is 14.9 Å². The molecular formula is C31H39F3N8O3S. The van der Waals surface area contributed by atoms with Gasteiger partial charge in [0.2, 0.25) is 10.0 Å². The number of halogens is 3. The summed E-state index contributed by atoms with van der Waals surface area (Å²) in [7, 11) is 0.402. The number of sulfonamides is 1. The highest BCUT2D eigenvalue weighted by Crippen LogP contribution is 2.34. The Hall–Kier alpha value is -3.69. The molecule has 0 aliphatic carbocycles. The van der Waals surface area contributed by atoms with Crippen LogP contribution >= 0.6 is 0 Å². The van der Waals surface area contributed by atoms with Gasteiger partial charge in [-0.3, -0.25) is 9.25 Å². The first-order valence-electron chi connectivity index (χ1n) is 15.5. The summed E-state index contributed by atoms with van der Waals surface area (Å²) in [5, 5.41) is 4.81. The molecule has 3 aromatic heterocycles. The van der Waals surface area contributed by atoms with Crippen LogP contribution in [0.25, 0.3) is 22.4 Å². The molecule has 248 valence electrons. The first kappa shape index (κ1) is 32.3. The monoisotopic (exact) mass is 660 g/mol. The van der Waals surface area contributed by atoms with Gasteiger partial charge in [0.15, 0.2) is 5.65 Å². The van der Waals surface area contributed by atoms with Gasteiger partial charge in [0, 0.05) is 63.5 Å². The molecule has 1 aromatic carbocycles. The van der Waals surface area contributed by atoms with Crippen LogP contribution in [0.4, 0.5) is 19.0 Å². The van der Waals surface area contributed by atoms with Crippen molar-refractivity contribution >= 4 is 27.0 Å². The van der Waals surface area contributed by atoms with Crippen LogP contribution in [0, 0.1) is 5.92 Å². The molecule has 0 amide bonds. The summed E-state index contributed by atoms with van der Waals surface area (Å²) in [4.78, 5) is 24.6. The number of aromatic nitrogens is 5. The number of nitrogens with one attached hydrogen (secondary N) is 1. The van der Waals surface area contributed by atoms with Gasteiger partial charge in [-0.1, -0.05) is 12.1 Å². The zero-order valence-electron chi connectivity index (χ0n) is 26.2. The zero-order chi connectivity index (χ0) is 32.8. The average molecular weight is 661 g/mol. The highest BCUT2D eigenvalue weighted by Gasteiger charge is 2.32. The predicted molar refractivity (Wildman–Crippen MR) is 170 cm³/mol. The van der Waals surface area contributed by atoms with Crippen molar-refractivity contribution < 1.29 is 21.6 Å². The Bertz CT molecular complexity index is 1870.